The van der Waals surface area contributed by atoms with Gasteiger partial charge in [-0.1, -0.05) is 11.6 Å². The Balaban J connectivity index is 2.67. The fourth-order valence-corrected chi connectivity index (χ4v) is 1.79. The van der Waals surface area contributed by atoms with Crippen molar-refractivity contribution in [1.29, 1.82) is 0 Å². The van der Waals surface area contributed by atoms with Crippen LogP contribution >= 0.6 is 11.6 Å². The first kappa shape index (κ1) is 13.5. The third-order valence-electron chi connectivity index (χ3n) is 2.73. The molecule has 0 amide bonds. The summed E-state index contributed by atoms with van der Waals surface area (Å²) in [6, 6.07) is 0. The summed E-state index contributed by atoms with van der Waals surface area (Å²) in [6.45, 7) is 6.84. The Morgan fingerprint density at radius 2 is 2.12 bits per heavy atom. The lowest BCUT2D eigenvalue weighted by Gasteiger charge is -2.25. The Morgan fingerprint density at radius 3 is 2.56 bits per heavy atom. The van der Waals surface area contributed by atoms with Crippen LogP contribution < -0.4 is 5.32 Å². The number of rotatable bonds is 5. The van der Waals surface area contributed by atoms with E-state index in [-0.39, 0.29) is 12.1 Å². The first-order valence-electron chi connectivity index (χ1n) is 5.41. The maximum absolute atomic E-state index is 8.93. The minimum atomic E-state index is -0.101. The molecule has 1 aromatic heterocycles. The van der Waals surface area contributed by atoms with Gasteiger partial charge >= 0.3 is 0 Å². The van der Waals surface area contributed by atoms with Crippen molar-refractivity contribution in [1.82, 2.24) is 15.1 Å². The second kappa shape index (κ2) is 5.17. The highest BCUT2D eigenvalue weighted by Crippen LogP contribution is 2.20. The quantitative estimate of drug-likeness (QED) is 0.829. The van der Waals surface area contributed by atoms with Crippen molar-refractivity contribution in [2.24, 2.45) is 7.05 Å². The SMILES string of the molecule is Cc1nn(C)c(CNC(C)(C)CCO)c1Cl. The Kier molecular flexibility index (Phi) is 4.35. The molecule has 92 valence electrons. The van der Waals surface area contributed by atoms with E-state index in [1.807, 2.05) is 14.0 Å². The number of halogens is 1. The van der Waals surface area contributed by atoms with E-state index in [0.717, 1.165) is 16.4 Å². The molecule has 16 heavy (non-hydrogen) atoms. The zero-order valence-corrected chi connectivity index (χ0v) is 11.1. The molecule has 0 aromatic carbocycles. The number of aliphatic hydroxyl groups excluding tert-OH is 1. The van der Waals surface area contributed by atoms with Gasteiger partial charge in [0.05, 0.1) is 16.4 Å². The molecule has 0 radical (unpaired) electrons. The summed E-state index contributed by atoms with van der Waals surface area (Å²) >= 11 is 6.15. The molecule has 5 heteroatoms. The summed E-state index contributed by atoms with van der Waals surface area (Å²) in [6.07, 6.45) is 0.710. The molecule has 2 N–H and O–H groups in total. The predicted octanol–water partition coefficient (Wildman–Crippen LogP) is 1.63. The van der Waals surface area contributed by atoms with Gasteiger partial charge in [-0.05, 0) is 27.2 Å². The van der Waals surface area contributed by atoms with Crippen LogP contribution in [0.25, 0.3) is 0 Å². The van der Waals surface area contributed by atoms with Gasteiger partial charge in [-0.3, -0.25) is 4.68 Å². The number of nitrogens with one attached hydrogen (secondary N) is 1. The molecule has 4 nitrogen and oxygen atoms in total. The highest BCUT2D eigenvalue weighted by Gasteiger charge is 2.18. The number of hydrogen-bond acceptors (Lipinski definition) is 3. The number of aromatic nitrogens is 2. The van der Waals surface area contributed by atoms with E-state index >= 15 is 0 Å². The summed E-state index contributed by atoms with van der Waals surface area (Å²) < 4.78 is 1.79. The Bertz CT molecular complexity index is 360. The minimum absolute atomic E-state index is 0.101. The molecule has 0 atom stereocenters. The highest BCUT2D eigenvalue weighted by atomic mass is 35.5. The van der Waals surface area contributed by atoms with Crippen molar-refractivity contribution in [2.75, 3.05) is 6.61 Å². The zero-order chi connectivity index (χ0) is 12.3. The molecule has 0 unspecified atom stereocenters. The van der Waals surface area contributed by atoms with E-state index < -0.39 is 0 Å². The Morgan fingerprint density at radius 1 is 1.50 bits per heavy atom. The van der Waals surface area contributed by atoms with Crippen LogP contribution in [0.2, 0.25) is 5.02 Å². The summed E-state index contributed by atoms with van der Waals surface area (Å²) in [5.74, 6) is 0. The van der Waals surface area contributed by atoms with Gasteiger partial charge in [0.15, 0.2) is 0 Å². The molecule has 0 aliphatic carbocycles. The molecule has 0 bridgehead atoms. The van der Waals surface area contributed by atoms with E-state index in [9.17, 15) is 0 Å². The lowest BCUT2D eigenvalue weighted by molar-refractivity contribution is 0.229. The summed E-state index contributed by atoms with van der Waals surface area (Å²) in [7, 11) is 1.88. The highest BCUT2D eigenvalue weighted by molar-refractivity contribution is 6.31. The van der Waals surface area contributed by atoms with Crippen molar-refractivity contribution in [2.45, 2.75) is 39.3 Å². The summed E-state index contributed by atoms with van der Waals surface area (Å²) in [5.41, 5.74) is 1.72. The Labute approximate surface area is 102 Å². The predicted molar refractivity (Wildman–Crippen MR) is 65.6 cm³/mol. The van der Waals surface area contributed by atoms with Gasteiger partial charge in [0, 0.05) is 25.7 Å². The molecule has 1 rings (SSSR count). The van der Waals surface area contributed by atoms with Crippen LogP contribution in [0.15, 0.2) is 0 Å². The van der Waals surface area contributed by atoms with Crippen LogP contribution in [-0.2, 0) is 13.6 Å². The fraction of sp³-hybridized carbons (Fsp3) is 0.727. The van der Waals surface area contributed by atoms with Crippen molar-refractivity contribution >= 4 is 11.6 Å². The van der Waals surface area contributed by atoms with Gasteiger partial charge in [0.2, 0.25) is 0 Å². The van der Waals surface area contributed by atoms with Gasteiger partial charge < -0.3 is 10.4 Å². The molecular weight excluding hydrogens is 226 g/mol. The molecule has 0 saturated carbocycles. The minimum Gasteiger partial charge on any atom is -0.396 e. The first-order chi connectivity index (χ1) is 7.37. The summed E-state index contributed by atoms with van der Waals surface area (Å²) in [5, 5.41) is 17.3. The van der Waals surface area contributed by atoms with Gasteiger partial charge in [-0.25, -0.2) is 0 Å². The number of aryl methyl sites for hydroxylation is 2. The molecule has 0 aliphatic rings. The van der Waals surface area contributed by atoms with Crippen molar-refractivity contribution in [3.05, 3.63) is 16.4 Å². The molecule has 1 heterocycles. The van der Waals surface area contributed by atoms with E-state index in [4.69, 9.17) is 16.7 Å². The molecule has 0 aliphatic heterocycles. The molecule has 0 saturated heterocycles. The van der Waals surface area contributed by atoms with E-state index in [1.165, 1.54) is 0 Å². The lowest BCUT2D eigenvalue weighted by atomic mass is 10.0. The molecule has 0 fully saturated rings. The standard InChI is InChI=1S/C11H20ClN3O/c1-8-10(12)9(15(4)14-8)7-13-11(2,3)5-6-16/h13,16H,5-7H2,1-4H3. The van der Waals surface area contributed by atoms with Crippen LogP contribution in [0.1, 0.15) is 31.7 Å². The normalized spacial score (nSPS) is 12.1. The number of nitrogens with zero attached hydrogens (tertiary/aromatic N) is 2. The van der Waals surface area contributed by atoms with Crippen LogP contribution in [-0.4, -0.2) is 27.0 Å². The van der Waals surface area contributed by atoms with E-state index in [0.29, 0.717) is 13.0 Å². The van der Waals surface area contributed by atoms with E-state index in [2.05, 4.69) is 24.3 Å². The zero-order valence-electron chi connectivity index (χ0n) is 10.3. The van der Waals surface area contributed by atoms with Gasteiger partial charge in [-0.15, -0.1) is 0 Å². The topological polar surface area (TPSA) is 50.1 Å². The second-order valence-corrected chi connectivity index (χ2v) is 5.06. The molecular formula is C11H20ClN3O. The Hall–Kier alpha value is -0.580. The van der Waals surface area contributed by atoms with Crippen molar-refractivity contribution in [3.8, 4) is 0 Å². The number of hydrogen-bond donors (Lipinski definition) is 2. The lowest BCUT2D eigenvalue weighted by Crippen LogP contribution is -2.39. The molecule has 1 aromatic rings. The third kappa shape index (κ3) is 3.20. The second-order valence-electron chi connectivity index (χ2n) is 4.68. The monoisotopic (exact) mass is 245 g/mol. The first-order valence-corrected chi connectivity index (χ1v) is 5.79. The van der Waals surface area contributed by atoms with Crippen molar-refractivity contribution < 1.29 is 5.11 Å². The van der Waals surface area contributed by atoms with Crippen LogP contribution in [0.4, 0.5) is 0 Å². The maximum Gasteiger partial charge on any atom is 0.0860 e. The van der Waals surface area contributed by atoms with Gasteiger partial charge in [0.25, 0.3) is 0 Å². The van der Waals surface area contributed by atoms with Crippen LogP contribution in [0, 0.1) is 6.92 Å². The van der Waals surface area contributed by atoms with Crippen molar-refractivity contribution in [3.63, 3.8) is 0 Å². The van der Waals surface area contributed by atoms with Crippen LogP contribution in [0.3, 0.4) is 0 Å². The smallest absolute Gasteiger partial charge is 0.0860 e. The average Bonchev–Trinajstić information content (AvgIpc) is 2.39. The third-order valence-corrected chi connectivity index (χ3v) is 3.22. The van der Waals surface area contributed by atoms with Crippen LogP contribution in [0.5, 0.6) is 0 Å². The average molecular weight is 246 g/mol. The van der Waals surface area contributed by atoms with Gasteiger partial charge in [0.1, 0.15) is 0 Å². The van der Waals surface area contributed by atoms with Gasteiger partial charge in [-0.2, -0.15) is 5.10 Å². The maximum atomic E-state index is 8.93. The van der Waals surface area contributed by atoms with E-state index in [1.54, 1.807) is 4.68 Å². The summed E-state index contributed by atoms with van der Waals surface area (Å²) in [4.78, 5) is 0. The number of aliphatic hydroxyl groups is 1. The fourth-order valence-electron chi connectivity index (χ4n) is 1.56. The molecule has 0 spiro atoms. The largest absolute Gasteiger partial charge is 0.396 e.